The molecule has 1 saturated heterocycles. The van der Waals surface area contributed by atoms with Crippen molar-refractivity contribution < 1.29 is 23.9 Å². The average Bonchev–Trinajstić information content (AvgIpc) is 3.01. The molecule has 0 aliphatic carbocycles. The molecule has 46 heavy (non-hydrogen) atoms. The Morgan fingerprint density at radius 3 is 2.22 bits per heavy atom. The number of hydrogen-bond acceptors (Lipinski definition) is 5. The average molecular weight is 646 g/mol. The monoisotopic (exact) mass is 645 g/mol. The second-order valence-electron chi connectivity index (χ2n) is 13.3. The number of fused-ring (bicyclic) bond motifs is 1. The van der Waals surface area contributed by atoms with Crippen molar-refractivity contribution in [2.75, 3.05) is 29.5 Å². The third-order valence-electron chi connectivity index (χ3n) is 8.70. The highest BCUT2D eigenvalue weighted by atomic mass is 35.5. The summed E-state index contributed by atoms with van der Waals surface area (Å²) in [5, 5.41) is 0.607. The number of halogens is 1. The van der Waals surface area contributed by atoms with Gasteiger partial charge in [-0.1, -0.05) is 29.8 Å². The minimum atomic E-state index is -0.488. The molecule has 2 heterocycles. The van der Waals surface area contributed by atoms with Gasteiger partial charge >= 0.3 is 6.09 Å². The number of piperidine rings is 1. The van der Waals surface area contributed by atoms with Crippen LogP contribution in [0.3, 0.4) is 0 Å². The Morgan fingerprint density at radius 2 is 1.59 bits per heavy atom. The van der Waals surface area contributed by atoms with Crippen LogP contribution in [0.2, 0.25) is 5.02 Å². The van der Waals surface area contributed by atoms with Gasteiger partial charge in [-0.15, -0.1) is 0 Å². The van der Waals surface area contributed by atoms with Crippen LogP contribution in [-0.2, 0) is 9.53 Å². The van der Waals surface area contributed by atoms with E-state index in [1.165, 1.54) is 0 Å². The lowest BCUT2D eigenvalue weighted by atomic mass is 9.89. The molecule has 2 unspecified atom stereocenters. The first kappa shape index (κ1) is 33.3. The van der Waals surface area contributed by atoms with Crippen LogP contribution in [0.5, 0.6) is 5.75 Å². The first-order valence-corrected chi connectivity index (χ1v) is 16.5. The number of rotatable bonds is 7. The number of anilines is 2. The minimum absolute atomic E-state index is 0.0732. The van der Waals surface area contributed by atoms with Gasteiger partial charge in [0.2, 0.25) is 5.91 Å². The first-order valence-electron chi connectivity index (χ1n) is 16.1. The van der Waals surface area contributed by atoms with Crippen molar-refractivity contribution in [2.24, 2.45) is 5.92 Å². The minimum Gasteiger partial charge on any atom is -0.494 e. The molecule has 244 valence electrons. The SMILES string of the molecule is CC(=O)N(c1ccc(Cl)cc1)C1CC(C)N(C(=O)c2ccc(OCCC3CCN(C(=O)OC(C)(C)C)CC3)cc2)c2ccccc21. The van der Waals surface area contributed by atoms with E-state index in [2.05, 4.69) is 0 Å². The van der Waals surface area contributed by atoms with Crippen LogP contribution >= 0.6 is 11.6 Å². The summed E-state index contributed by atoms with van der Waals surface area (Å²) in [6.07, 6.45) is 3.10. The van der Waals surface area contributed by atoms with Crippen LogP contribution in [0.4, 0.5) is 16.2 Å². The Hall–Kier alpha value is -4.04. The predicted octanol–water partition coefficient (Wildman–Crippen LogP) is 8.29. The number of amides is 3. The fourth-order valence-electron chi connectivity index (χ4n) is 6.43. The van der Waals surface area contributed by atoms with Crippen LogP contribution in [0.25, 0.3) is 0 Å². The van der Waals surface area contributed by atoms with E-state index < -0.39 is 5.60 Å². The summed E-state index contributed by atoms with van der Waals surface area (Å²) < 4.78 is 11.5. The smallest absolute Gasteiger partial charge is 0.410 e. The largest absolute Gasteiger partial charge is 0.494 e. The van der Waals surface area contributed by atoms with Crippen LogP contribution in [0, 0.1) is 5.92 Å². The first-order chi connectivity index (χ1) is 21.9. The Morgan fingerprint density at radius 1 is 0.935 bits per heavy atom. The molecule has 2 atom stereocenters. The number of ether oxygens (including phenoxy) is 2. The molecule has 0 bridgehead atoms. The zero-order valence-corrected chi connectivity index (χ0v) is 28.1. The molecular formula is C37H44ClN3O5. The molecule has 3 aromatic rings. The summed E-state index contributed by atoms with van der Waals surface area (Å²) in [6, 6.07) is 22.0. The van der Waals surface area contributed by atoms with E-state index >= 15 is 0 Å². The highest BCUT2D eigenvalue weighted by Crippen LogP contribution is 2.43. The molecular weight excluding hydrogens is 602 g/mol. The van der Waals surface area contributed by atoms with E-state index in [4.69, 9.17) is 21.1 Å². The van der Waals surface area contributed by atoms with Gasteiger partial charge in [0.15, 0.2) is 0 Å². The zero-order valence-electron chi connectivity index (χ0n) is 27.4. The normalized spacial score (nSPS) is 18.5. The molecule has 0 aromatic heterocycles. The molecule has 0 radical (unpaired) electrons. The van der Waals surface area contributed by atoms with Gasteiger partial charge in [-0.2, -0.15) is 0 Å². The van der Waals surface area contributed by atoms with Crippen molar-refractivity contribution in [3.05, 3.63) is 88.9 Å². The fourth-order valence-corrected chi connectivity index (χ4v) is 6.55. The Bertz CT molecular complexity index is 1530. The number of para-hydroxylation sites is 1. The Labute approximate surface area is 277 Å². The van der Waals surface area contributed by atoms with Gasteiger partial charge in [0, 0.05) is 48.0 Å². The van der Waals surface area contributed by atoms with Gasteiger partial charge in [-0.25, -0.2) is 4.79 Å². The van der Waals surface area contributed by atoms with Crippen LogP contribution in [0.1, 0.15) is 82.3 Å². The number of hydrogen-bond donors (Lipinski definition) is 0. The van der Waals surface area contributed by atoms with Crippen LogP contribution < -0.4 is 14.5 Å². The van der Waals surface area contributed by atoms with Gasteiger partial charge < -0.3 is 24.2 Å². The molecule has 0 spiro atoms. The third-order valence-corrected chi connectivity index (χ3v) is 8.95. The standard InChI is InChI=1S/C37H44ClN3O5/c1-25-24-34(41(26(2)42)30-14-12-29(38)13-15-30)32-8-6-7-9-33(32)40(25)35(43)28-10-16-31(17-11-28)45-23-20-27-18-21-39(22-19-27)36(44)46-37(3,4)5/h6-17,25,27,34H,18-24H2,1-5H3. The second-order valence-corrected chi connectivity index (χ2v) is 13.7. The van der Waals surface area contributed by atoms with E-state index in [1.54, 1.807) is 28.9 Å². The number of carbonyl (C=O) groups excluding carboxylic acids is 3. The van der Waals surface area contributed by atoms with Gasteiger partial charge in [0.1, 0.15) is 11.4 Å². The zero-order chi connectivity index (χ0) is 33.0. The number of benzene rings is 3. The van der Waals surface area contributed by atoms with Crippen molar-refractivity contribution in [1.82, 2.24) is 4.90 Å². The third kappa shape index (κ3) is 7.84. The van der Waals surface area contributed by atoms with E-state index in [0.29, 0.717) is 42.6 Å². The van der Waals surface area contributed by atoms with Crippen LogP contribution in [-0.4, -0.2) is 54.1 Å². The topological polar surface area (TPSA) is 79.4 Å². The molecule has 5 rings (SSSR count). The highest BCUT2D eigenvalue weighted by Gasteiger charge is 2.38. The van der Waals surface area contributed by atoms with Crippen molar-refractivity contribution in [2.45, 2.75) is 78.0 Å². The Balaban J connectivity index is 1.20. The molecule has 9 heteroatoms. The molecule has 3 aromatic carbocycles. The second kappa shape index (κ2) is 14.2. The molecule has 2 aliphatic rings. The number of likely N-dealkylation sites (tertiary alicyclic amines) is 1. The van der Waals surface area contributed by atoms with Crippen molar-refractivity contribution in [3.63, 3.8) is 0 Å². The van der Waals surface area contributed by atoms with Crippen molar-refractivity contribution >= 4 is 40.9 Å². The summed E-state index contributed by atoms with van der Waals surface area (Å²) >= 11 is 6.12. The molecule has 3 amide bonds. The lowest BCUT2D eigenvalue weighted by Crippen LogP contribution is -2.47. The number of carbonyl (C=O) groups is 3. The summed E-state index contributed by atoms with van der Waals surface area (Å²) in [6.45, 7) is 11.2. The van der Waals surface area contributed by atoms with E-state index in [9.17, 15) is 14.4 Å². The summed E-state index contributed by atoms with van der Waals surface area (Å²) in [5.41, 5.74) is 2.58. The molecule has 1 fully saturated rings. The lowest BCUT2D eigenvalue weighted by Gasteiger charge is -2.43. The van der Waals surface area contributed by atoms with E-state index in [1.807, 2.05) is 93.3 Å². The summed E-state index contributed by atoms with van der Waals surface area (Å²) in [7, 11) is 0. The fraction of sp³-hybridized carbons (Fsp3) is 0.432. The maximum Gasteiger partial charge on any atom is 0.410 e. The van der Waals surface area contributed by atoms with E-state index in [-0.39, 0.29) is 30.0 Å². The predicted molar refractivity (Wildman–Crippen MR) is 182 cm³/mol. The van der Waals surface area contributed by atoms with Crippen molar-refractivity contribution in [1.29, 1.82) is 0 Å². The van der Waals surface area contributed by atoms with E-state index in [0.717, 1.165) is 42.0 Å². The summed E-state index contributed by atoms with van der Waals surface area (Å²) in [5.74, 6) is 1.04. The molecule has 8 nitrogen and oxygen atoms in total. The quantitative estimate of drug-likeness (QED) is 0.258. The van der Waals surface area contributed by atoms with Gasteiger partial charge in [-0.05, 0) is 119 Å². The maximum absolute atomic E-state index is 13.9. The van der Waals surface area contributed by atoms with Gasteiger partial charge in [0.05, 0.1) is 12.6 Å². The molecule has 2 aliphatic heterocycles. The number of nitrogens with zero attached hydrogens (tertiary/aromatic N) is 3. The van der Waals surface area contributed by atoms with Crippen molar-refractivity contribution in [3.8, 4) is 5.75 Å². The highest BCUT2D eigenvalue weighted by molar-refractivity contribution is 6.30. The van der Waals surface area contributed by atoms with Crippen LogP contribution in [0.15, 0.2) is 72.8 Å². The van der Waals surface area contributed by atoms with Gasteiger partial charge in [-0.3, -0.25) is 9.59 Å². The molecule has 0 N–H and O–H groups in total. The maximum atomic E-state index is 13.9. The Kier molecular flexibility index (Phi) is 10.3. The lowest BCUT2D eigenvalue weighted by molar-refractivity contribution is -0.117. The molecule has 0 saturated carbocycles. The summed E-state index contributed by atoms with van der Waals surface area (Å²) in [4.78, 5) is 44.6. The van der Waals surface area contributed by atoms with Gasteiger partial charge in [0.25, 0.3) is 5.91 Å².